The van der Waals surface area contributed by atoms with Crippen LogP contribution in [-0.2, 0) is 0 Å². The lowest BCUT2D eigenvalue weighted by Gasteiger charge is -2.29. The fraction of sp³-hybridized carbons (Fsp3) is 0.375. The third-order valence-corrected chi connectivity index (χ3v) is 6.08. The van der Waals surface area contributed by atoms with Crippen molar-refractivity contribution in [2.24, 2.45) is 0 Å². The van der Waals surface area contributed by atoms with Gasteiger partial charge in [-0.05, 0) is 55.7 Å². The zero-order chi connectivity index (χ0) is 22.0. The number of fused-ring (bicyclic) bond motifs is 1. The van der Waals surface area contributed by atoms with E-state index in [-0.39, 0.29) is 29.9 Å². The first kappa shape index (κ1) is 20.9. The van der Waals surface area contributed by atoms with Crippen LogP contribution in [0.2, 0.25) is 0 Å². The molecule has 2 aliphatic rings. The normalized spacial score (nSPS) is 17.3. The van der Waals surface area contributed by atoms with E-state index < -0.39 is 0 Å². The number of ether oxygens (including phenoxy) is 1. The minimum Gasteiger partial charge on any atom is -0.497 e. The molecular weight excluding hydrogens is 394 g/mol. The van der Waals surface area contributed by atoms with Crippen molar-refractivity contribution in [1.82, 2.24) is 10.2 Å². The van der Waals surface area contributed by atoms with Crippen molar-refractivity contribution >= 4 is 23.5 Å². The molecule has 31 heavy (non-hydrogen) atoms. The summed E-state index contributed by atoms with van der Waals surface area (Å²) in [6, 6.07) is 11.7. The molecule has 7 heteroatoms. The smallest absolute Gasteiger partial charge is 0.319 e. The summed E-state index contributed by atoms with van der Waals surface area (Å²) in [5.41, 5.74) is 2.18. The quantitative estimate of drug-likeness (QED) is 0.696. The number of nitrogens with one attached hydrogen (secondary N) is 2. The molecule has 0 bridgehead atoms. The van der Waals surface area contributed by atoms with Crippen LogP contribution < -0.4 is 15.4 Å². The molecule has 1 aliphatic heterocycles. The molecule has 2 N–H and O–H groups in total. The number of anilines is 1. The molecule has 4 amide bonds. The summed E-state index contributed by atoms with van der Waals surface area (Å²) < 4.78 is 5.15. The third kappa shape index (κ3) is 4.26. The van der Waals surface area contributed by atoms with E-state index in [1.807, 2.05) is 31.2 Å². The highest BCUT2D eigenvalue weighted by molar-refractivity contribution is 6.22. The minimum atomic E-state index is -0.385. The van der Waals surface area contributed by atoms with Gasteiger partial charge in [0.25, 0.3) is 11.8 Å². The second-order valence-corrected chi connectivity index (χ2v) is 8.13. The molecule has 7 nitrogen and oxygen atoms in total. The summed E-state index contributed by atoms with van der Waals surface area (Å²) in [7, 11) is 1.60. The first-order chi connectivity index (χ1) is 15.0. The van der Waals surface area contributed by atoms with Crippen molar-refractivity contribution in [3.05, 3.63) is 59.2 Å². The number of amides is 4. The fourth-order valence-electron chi connectivity index (χ4n) is 4.35. The van der Waals surface area contributed by atoms with Crippen LogP contribution in [0.25, 0.3) is 0 Å². The van der Waals surface area contributed by atoms with Gasteiger partial charge in [0, 0.05) is 11.7 Å². The molecule has 0 saturated heterocycles. The van der Waals surface area contributed by atoms with Gasteiger partial charge in [0.05, 0.1) is 24.3 Å². The molecule has 2 aromatic carbocycles. The Hall–Kier alpha value is -3.35. The molecule has 4 rings (SSSR count). The Morgan fingerprint density at radius 1 is 1.00 bits per heavy atom. The zero-order valence-electron chi connectivity index (χ0n) is 17.8. The Morgan fingerprint density at radius 2 is 1.68 bits per heavy atom. The lowest BCUT2D eigenvalue weighted by atomic mass is 9.94. The van der Waals surface area contributed by atoms with E-state index in [9.17, 15) is 14.4 Å². The van der Waals surface area contributed by atoms with Gasteiger partial charge in [-0.1, -0.05) is 31.4 Å². The molecule has 162 valence electrons. The van der Waals surface area contributed by atoms with E-state index in [0.29, 0.717) is 16.8 Å². The standard InChI is InChI=1S/C24H27N3O4/c1-15(16-8-11-19(31-2)12-9-16)25-24(30)26-17-10-13-20-21(14-17)23(29)27(22(20)28)18-6-4-3-5-7-18/h8-15,18H,3-7H2,1-2H3,(H2,25,26,30). The summed E-state index contributed by atoms with van der Waals surface area (Å²) in [6.07, 6.45) is 4.96. The molecule has 1 saturated carbocycles. The maximum absolute atomic E-state index is 12.9. The van der Waals surface area contributed by atoms with Gasteiger partial charge in [-0.3, -0.25) is 14.5 Å². The summed E-state index contributed by atoms with van der Waals surface area (Å²) in [5.74, 6) is 0.263. The summed E-state index contributed by atoms with van der Waals surface area (Å²) >= 11 is 0. The average molecular weight is 421 g/mol. The number of hydrogen-bond acceptors (Lipinski definition) is 4. The van der Waals surface area contributed by atoms with Gasteiger partial charge in [-0.15, -0.1) is 0 Å². The Kier molecular flexibility index (Phi) is 5.93. The van der Waals surface area contributed by atoms with E-state index in [4.69, 9.17) is 4.74 Å². The van der Waals surface area contributed by atoms with E-state index in [1.165, 1.54) is 4.90 Å². The van der Waals surface area contributed by atoms with E-state index in [2.05, 4.69) is 10.6 Å². The van der Waals surface area contributed by atoms with Crippen LogP contribution >= 0.6 is 0 Å². The Morgan fingerprint density at radius 3 is 2.35 bits per heavy atom. The number of hydrogen-bond donors (Lipinski definition) is 2. The van der Waals surface area contributed by atoms with Gasteiger partial charge in [-0.2, -0.15) is 0 Å². The zero-order valence-corrected chi connectivity index (χ0v) is 17.8. The van der Waals surface area contributed by atoms with Crippen molar-refractivity contribution in [2.75, 3.05) is 12.4 Å². The second-order valence-electron chi connectivity index (χ2n) is 8.13. The van der Waals surface area contributed by atoms with Crippen LogP contribution in [0.5, 0.6) is 5.75 Å². The lowest BCUT2D eigenvalue weighted by Crippen LogP contribution is -2.40. The number of nitrogens with zero attached hydrogens (tertiary/aromatic N) is 1. The molecule has 0 aromatic heterocycles. The molecule has 1 atom stereocenters. The monoisotopic (exact) mass is 421 g/mol. The number of rotatable bonds is 5. The van der Waals surface area contributed by atoms with Crippen molar-refractivity contribution in [3.8, 4) is 5.75 Å². The molecule has 1 unspecified atom stereocenters. The third-order valence-electron chi connectivity index (χ3n) is 6.08. The van der Waals surface area contributed by atoms with Crippen molar-refractivity contribution < 1.29 is 19.1 Å². The summed E-state index contributed by atoms with van der Waals surface area (Å²) in [4.78, 5) is 39.6. The molecule has 1 fully saturated rings. The van der Waals surface area contributed by atoms with Gasteiger partial charge >= 0.3 is 6.03 Å². The van der Waals surface area contributed by atoms with Crippen LogP contribution in [0.4, 0.5) is 10.5 Å². The number of urea groups is 1. The van der Waals surface area contributed by atoms with E-state index in [1.54, 1.807) is 25.3 Å². The number of carbonyl (C=O) groups excluding carboxylic acids is 3. The number of imide groups is 1. The van der Waals surface area contributed by atoms with Crippen LogP contribution in [0.15, 0.2) is 42.5 Å². The second kappa shape index (κ2) is 8.79. The van der Waals surface area contributed by atoms with Gasteiger partial charge in [0.2, 0.25) is 0 Å². The topological polar surface area (TPSA) is 87.7 Å². The van der Waals surface area contributed by atoms with Gasteiger partial charge in [-0.25, -0.2) is 4.79 Å². The number of methoxy groups -OCH3 is 1. The molecule has 1 aliphatic carbocycles. The number of benzene rings is 2. The first-order valence-corrected chi connectivity index (χ1v) is 10.7. The van der Waals surface area contributed by atoms with E-state index >= 15 is 0 Å². The lowest BCUT2D eigenvalue weighted by molar-refractivity contribution is 0.0549. The predicted octanol–water partition coefficient (Wildman–Crippen LogP) is 4.51. The number of carbonyl (C=O) groups is 3. The maximum atomic E-state index is 12.9. The van der Waals surface area contributed by atoms with Gasteiger partial charge in [0.1, 0.15) is 5.75 Å². The van der Waals surface area contributed by atoms with Crippen LogP contribution in [0, 0.1) is 0 Å². The average Bonchev–Trinajstić information content (AvgIpc) is 3.03. The highest BCUT2D eigenvalue weighted by atomic mass is 16.5. The van der Waals surface area contributed by atoms with Crippen LogP contribution in [0.1, 0.15) is 71.3 Å². The highest BCUT2D eigenvalue weighted by Crippen LogP contribution is 2.32. The Balaban J connectivity index is 1.42. The fourth-order valence-corrected chi connectivity index (χ4v) is 4.35. The highest BCUT2D eigenvalue weighted by Gasteiger charge is 2.40. The van der Waals surface area contributed by atoms with Crippen LogP contribution in [0.3, 0.4) is 0 Å². The Labute approximate surface area is 181 Å². The van der Waals surface area contributed by atoms with E-state index in [0.717, 1.165) is 43.4 Å². The van der Waals surface area contributed by atoms with Gasteiger partial charge in [0.15, 0.2) is 0 Å². The van der Waals surface area contributed by atoms with Crippen molar-refractivity contribution in [3.63, 3.8) is 0 Å². The first-order valence-electron chi connectivity index (χ1n) is 10.7. The van der Waals surface area contributed by atoms with Crippen molar-refractivity contribution in [2.45, 2.75) is 51.1 Å². The maximum Gasteiger partial charge on any atom is 0.319 e. The summed E-state index contributed by atoms with van der Waals surface area (Å²) in [5, 5.41) is 5.65. The molecule has 0 radical (unpaired) electrons. The molecule has 0 spiro atoms. The molecule has 1 heterocycles. The minimum absolute atomic E-state index is 0.0220. The largest absolute Gasteiger partial charge is 0.497 e. The SMILES string of the molecule is COc1ccc(C(C)NC(=O)Nc2ccc3c(c2)C(=O)N(C2CCCCC2)C3=O)cc1. The van der Waals surface area contributed by atoms with Crippen LogP contribution in [-0.4, -0.2) is 35.9 Å². The summed E-state index contributed by atoms with van der Waals surface area (Å²) in [6.45, 7) is 1.88. The van der Waals surface area contributed by atoms with Gasteiger partial charge < -0.3 is 15.4 Å². The van der Waals surface area contributed by atoms with Crippen molar-refractivity contribution in [1.29, 1.82) is 0 Å². The predicted molar refractivity (Wildman–Crippen MR) is 117 cm³/mol. The molecule has 2 aromatic rings. The molecular formula is C24H27N3O4. The Bertz CT molecular complexity index is 996.